The maximum atomic E-state index is 12.0. The molecule has 0 aliphatic rings. The van der Waals surface area contributed by atoms with Gasteiger partial charge in [0.2, 0.25) is 5.16 Å². The van der Waals surface area contributed by atoms with E-state index in [1.54, 1.807) is 10.7 Å². The van der Waals surface area contributed by atoms with E-state index in [4.69, 9.17) is 4.42 Å². The van der Waals surface area contributed by atoms with Crippen LogP contribution in [0.1, 0.15) is 23.6 Å². The first-order valence-corrected chi connectivity index (χ1v) is 9.66. The lowest BCUT2D eigenvalue weighted by Crippen LogP contribution is -2.02. The number of hydrogen-bond donors (Lipinski definition) is 0. The lowest BCUT2D eigenvalue weighted by Gasteiger charge is -2.07. The molecule has 0 spiro atoms. The number of thioether (sulfide) groups is 1. The third-order valence-electron chi connectivity index (χ3n) is 4.38. The molecule has 0 fully saturated rings. The summed E-state index contributed by atoms with van der Waals surface area (Å²) in [5, 5.41) is 13.6. The van der Waals surface area contributed by atoms with E-state index in [0.717, 1.165) is 28.6 Å². The standard InChI is InChI=1S/C20H18N4O2S/c1-3-14-6-9-17-15(11-19(25)26-18(17)10-14)12-27-20-21-22-23-24(20)16-7-4-13(2)5-8-16/h4-11H,3,12H2,1-2H3. The second-order valence-corrected chi connectivity index (χ2v) is 7.21. The highest BCUT2D eigenvalue weighted by molar-refractivity contribution is 7.98. The van der Waals surface area contributed by atoms with Gasteiger partial charge in [0.05, 0.1) is 5.69 Å². The smallest absolute Gasteiger partial charge is 0.336 e. The zero-order valence-electron chi connectivity index (χ0n) is 15.0. The van der Waals surface area contributed by atoms with Crippen LogP contribution in [0.2, 0.25) is 0 Å². The van der Waals surface area contributed by atoms with Crippen LogP contribution in [0.4, 0.5) is 0 Å². The molecule has 0 saturated carbocycles. The van der Waals surface area contributed by atoms with Crippen molar-refractivity contribution in [2.45, 2.75) is 31.2 Å². The van der Waals surface area contributed by atoms with E-state index in [-0.39, 0.29) is 5.63 Å². The first-order chi connectivity index (χ1) is 13.1. The predicted molar refractivity (Wildman–Crippen MR) is 105 cm³/mol. The fourth-order valence-corrected chi connectivity index (χ4v) is 3.75. The Morgan fingerprint density at radius 3 is 2.70 bits per heavy atom. The van der Waals surface area contributed by atoms with Crippen molar-refractivity contribution in [2.24, 2.45) is 0 Å². The molecule has 7 heteroatoms. The van der Waals surface area contributed by atoms with Gasteiger partial charge in [-0.25, -0.2) is 4.79 Å². The van der Waals surface area contributed by atoms with Crippen molar-refractivity contribution in [1.82, 2.24) is 20.2 Å². The minimum atomic E-state index is -0.343. The number of hydrogen-bond acceptors (Lipinski definition) is 6. The lowest BCUT2D eigenvalue weighted by molar-refractivity contribution is 0.559. The molecule has 0 N–H and O–H groups in total. The second kappa shape index (κ2) is 7.36. The largest absolute Gasteiger partial charge is 0.423 e. The van der Waals surface area contributed by atoms with Crippen molar-refractivity contribution in [3.63, 3.8) is 0 Å². The van der Waals surface area contributed by atoms with Crippen LogP contribution in [-0.2, 0) is 12.2 Å². The third kappa shape index (κ3) is 3.64. The van der Waals surface area contributed by atoms with Crippen LogP contribution in [0.5, 0.6) is 0 Å². The molecule has 4 rings (SSSR count). The summed E-state index contributed by atoms with van der Waals surface area (Å²) in [6, 6.07) is 15.5. The Balaban J connectivity index is 1.64. The first kappa shape index (κ1) is 17.5. The van der Waals surface area contributed by atoms with Crippen molar-refractivity contribution in [2.75, 3.05) is 0 Å². The van der Waals surface area contributed by atoms with Gasteiger partial charge in [-0.1, -0.05) is 48.5 Å². The number of aromatic nitrogens is 4. The molecule has 2 aromatic heterocycles. The molecule has 0 amide bonds. The molecule has 0 saturated heterocycles. The number of benzene rings is 2. The molecular weight excluding hydrogens is 360 g/mol. The van der Waals surface area contributed by atoms with Gasteiger partial charge in [0, 0.05) is 17.2 Å². The number of nitrogens with zero attached hydrogens (tertiary/aromatic N) is 4. The van der Waals surface area contributed by atoms with Gasteiger partial charge >= 0.3 is 5.63 Å². The second-order valence-electron chi connectivity index (χ2n) is 6.27. The summed E-state index contributed by atoms with van der Waals surface area (Å²) < 4.78 is 7.08. The summed E-state index contributed by atoms with van der Waals surface area (Å²) in [5.74, 6) is 0.569. The number of fused-ring (bicyclic) bond motifs is 1. The normalized spacial score (nSPS) is 11.2. The summed E-state index contributed by atoms with van der Waals surface area (Å²) in [4.78, 5) is 12.0. The van der Waals surface area contributed by atoms with Crippen molar-refractivity contribution in [1.29, 1.82) is 0 Å². The van der Waals surface area contributed by atoms with Gasteiger partial charge in [0.25, 0.3) is 0 Å². The zero-order valence-corrected chi connectivity index (χ0v) is 15.9. The highest BCUT2D eigenvalue weighted by Gasteiger charge is 2.12. The molecular formula is C20H18N4O2S. The molecule has 27 heavy (non-hydrogen) atoms. The van der Waals surface area contributed by atoms with E-state index in [9.17, 15) is 4.79 Å². The number of tetrazole rings is 1. The SMILES string of the molecule is CCc1ccc2c(CSc3nnnn3-c3ccc(C)cc3)cc(=O)oc2c1. The molecule has 6 nitrogen and oxygen atoms in total. The van der Waals surface area contributed by atoms with E-state index in [2.05, 4.69) is 28.5 Å². The molecule has 0 bridgehead atoms. The van der Waals surface area contributed by atoms with Gasteiger partial charge in [0.1, 0.15) is 5.58 Å². The summed E-state index contributed by atoms with van der Waals surface area (Å²) in [6.07, 6.45) is 0.893. The van der Waals surface area contributed by atoms with Crippen molar-refractivity contribution < 1.29 is 4.42 Å². The predicted octanol–water partition coefficient (Wildman–Crippen LogP) is 3.93. The Labute approximate surface area is 160 Å². The van der Waals surface area contributed by atoms with E-state index >= 15 is 0 Å². The van der Waals surface area contributed by atoms with E-state index < -0.39 is 0 Å². The minimum absolute atomic E-state index is 0.343. The first-order valence-electron chi connectivity index (χ1n) is 8.68. The summed E-state index contributed by atoms with van der Waals surface area (Å²) in [5.41, 5.74) is 4.40. The Morgan fingerprint density at radius 1 is 1.11 bits per heavy atom. The molecule has 136 valence electrons. The van der Waals surface area contributed by atoms with Crippen molar-refractivity contribution in [3.05, 3.63) is 75.6 Å². The highest BCUT2D eigenvalue weighted by Crippen LogP contribution is 2.27. The topological polar surface area (TPSA) is 73.8 Å². The summed E-state index contributed by atoms with van der Waals surface area (Å²) in [6.45, 7) is 4.11. The van der Waals surface area contributed by atoms with Crippen LogP contribution in [0.15, 0.2) is 62.9 Å². The Bertz CT molecular complexity index is 1150. The quantitative estimate of drug-likeness (QED) is 0.387. The van der Waals surface area contributed by atoms with E-state index in [1.165, 1.54) is 17.3 Å². The van der Waals surface area contributed by atoms with Crippen LogP contribution in [-0.4, -0.2) is 20.2 Å². The maximum absolute atomic E-state index is 12.0. The van der Waals surface area contributed by atoms with Gasteiger partial charge < -0.3 is 4.42 Å². The minimum Gasteiger partial charge on any atom is -0.423 e. The molecule has 2 heterocycles. The van der Waals surface area contributed by atoms with E-state index in [1.807, 2.05) is 43.3 Å². The van der Waals surface area contributed by atoms with Gasteiger partial charge in [-0.05, 0) is 53.1 Å². The Kier molecular flexibility index (Phi) is 4.77. The van der Waals surface area contributed by atoms with Crippen LogP contribution in [0.25, 0.3) is 16.7 Å². The molecule has 0 atom stereocenters. The zero-order chi connectivity index (χ0) is 18.8. The molecule has 0 radical (unpaired) electrons. The average molecular weight is 378 g/mol. The van der Waals surface area contributed by atoms with Gasteiger partial charge in [-0.2, -0.15) is 4.68 Å². The lowest BCUT2D eigenvalue weighted by atomic mass is 10.1. The Morgan fingerprint density at radius 2 is 1.93 bits per heavy atom. The Hall–Kier alpha value is -2.93. The van der Waals surface area contributed by atoms with Crippen LogP contribution >= 0.6 is 11.8 Å². The highest BCUT2D eigenvalue weighted by atomic mass is 32.2. The molecule has 0 unspecified atom stereocenters. The van der Waals surface area contributed by atoms with Crippen molar-refractivity contribution in [3.8, 4) is 5.69 Å². The summed E-state index contributed by atoms with van der Waals surface area (Å²) in [7, 11) is 0. The number of rotatable bonds is 5. The van der Waals surface area contributed by atoms with Crippen LogP contribution in [0, 0.1) is 6.92 Å². The molecule has 0 aliphatic heterocycles. The fraction of sp³-hybridized carbons (Fsp3) is 0.200. The maximum Gasteiger partial charge on any atom is 0.336 e. The van der Waals surface area contributed by atoms with Crippen LogP contribution < -0.4 is 5.63 Å². The molecule has 4 aromatic rings. The van der Waals surface area contributed by atoms with Gasteiger partial charge in [-0.3, -0.25) is 0 Å². The van der Waals surface area contributed by atoms with Gasteiger partial charge in [-0.15, -0.1) is 5.10 Å². The molecule has 0 aliphatic carbocycles. The fourth-order valence-electron chi connectivity index (χ4n) is 2.87. The average Bonchev–Trinajstić information content (AvgIpc) is 3.14. The van der Waals surface area contributed by atoms with Gasteiger partial charge in [0.15, 0.2) is 0 Å². The van der Waals surface area contributed by atoms with E-state index in [0.29, 0.717) is 16.5 Å². The van der Waals surface area contributed by atoms with Crippen molar-refractivity contribution >= 4 is 22.7 Å². The monoisotopic (exact) mass is 378 g/mol. The molecule has 2 aromatic carbocycles. The number of aryl methyl sites for hydroxylation is 2. The summed E-state index contributed by atoms with van der Waals surface area (Å²) >= 11 is 1.49. The third-order valence-corrected chi connectivity index (χ3v) is 5.35. The van der Waals surface area contributed by atoms with Crippen LogP contribution in [0.3, 0.4) is 0 Å².